The molecule has 2 aromatic carbocycles. The van der Waals surface area contributed by atoms with Crippen molar-refractivity contribution in [1.82, 2.24) is 5.01 Å². The number of benzene rings is 2. The topological polar surface area (TPSA) is 62.1 Å². The lowest BCUT2D eigenvalue weighted by atomic mass is 9.96. The van der Waals surface area contributed by atoms with Crippen molar-refractivity contribution in [2.75, 3.05) is 7.11 Å². The van der Waals surface area contributed by atoms with Gasteiger partial charge in [-0.05, 0) is 30.7 Å². The first kappa shape index (κ1) is 16.2. The van der Waals surface area contributed by atoms with Gasteiger partial charge in [0.25, 0.3) is 5.91 Å². The SMILES string of the molecule is CCC1=NN(C(=O)c2ccccc2)[C@@](O)(c2cccc(OC)c2)C1. The van der Waals surface area contributed by atoms with Gasteiger partial charge >= 0.3 is 0 Å². The first-order valence-corrected chi connectivity index (χ1v) is 7.91. The lowest BCUT2D eigenvalue weighted by molar-refractivity contribution is -0.0766. The van der Waals surface area contributed by atoms with Crippen molar-refractivity contribution in [2.45, 2.75) is 25.5 Å². The first-order valence-electron chi connectivity index (χ1n) is 7.91. The molecule has 0 aliphatic carbocycles. The third kappa shape index (κ3) is 2.78. The lowest BCUT2D eigenvalue weighted by Gasteiger charge is -2.31. The fourth-order valence-electron chi connectivity index (χ4n) is 2.83. The molecule has 0 spiro atoms. The summed E-state index contributed by atoms with van der Waals surface area (Å²) in [6.45, 7) is 1.96. The summed E-state index contributed by atoms with van der Waals surface area (Å²) in [6.07, 6.45) is 0.958. The molecular weight excluding hydrogens is 304 g/mol. The van der Waals surface area contributed by atoms with Gasteiger partial charge in [-0.1, -0.05) is 37.3 Å². The van der Waals surface area contributed by atoms with Gasteiger partial charge in [-0.15, -0.1) is 0 Å². The lowest BCUT2D eigenvalue weighted by Crippen LogP contribution is -2.43. The molecule has 0 unspecified atom stereocenters. The van der Waals surface area contributed by atoms with Crippen LogP contribution in [0, 0.1) is 0 Å². The molecule has 1 N–H and O–H groups in total. The molecule has 5 heteroatoms. The third-order valence-corrected chi connectivity index (χ3v) is 4.20. The van der Waals surface area contributed by atoms with Gasteiger partial charge in [-0.25, -0.2) is 0 Å². The van der Waals surface area contributed by atoms with E-state index in [9.17, 15) is 9.90 Å². The monoisotopic (exact) mass is 324 g/mol. The Morgan fingerprint density at radius 2 is 2.00 bits per heavy atom. The average Bonchev–Trinajstić information content (AvgIpc) is 3.00. The Bertz CT molecular complexity index is 773. The molecule has 5 nitrogen and oxygen atoms in total. The number of nitrogens with zero attached hydrogens (tertiary/aromatic N) is 2. The summed E-state index contributed by atoms with van der Waals surface area (Å²) in [5.74, 6) is 0.294. The van der Waals surface area contributed by atoms with E-state index in [1.165, 1.54) is 5.01 Å². The van der Waals surface area contributed by atoms with Crippen molar-refractivity contribution < 1.29 is 14.6 Å². The van der Waals surface area contributed by atoms with Gasteiger partial charge in [-0.2, -0.15) is 10.1 Å². The number of amides is 1. The van der Waals surface area contributed by atoms with Crippen LogP contribution in [0.3, 0.4) is 0 Å². The van der Waals surface area contributed by atoms with E-state index in [1.54, 1.807) is 55.6 Å². The van der Waals surface area contributed by atoms with Crippen LogP contribution in [0.5, 0.6) is 5.75 Å². The van der Waals surface area contributed by atoms with E-state index in [0.717, 1.165) is 5.71 Å². The Balaban J connectivity index is 2.03. The molecule has 0 radical (unpaired) electrons. The van der Waals surface area contributed by atoms with E-state index >= 15 is 0 Å². The second-order valence-corrected chi connectivity index (χ2v) is 5.73. The van der Waals surface area contributed by atoms with Crippen molar-refractivity contribution in [3.05, 3.63) is 65.7 Å². The molecule has 0 aromatic heterocycles. The zero-order chi connectivity index (χ0) is 17.2. The number of carbonyl (C=O) groups excluding carboxylic acids is 1. The molecule has 124 valence electrons. The molecule has 0 bridgehead atoms. The Hall–Kier alpha value is -2.66. The normalized spacial score (nSPS) is 20.0. The van der Waals surface area contributed by atoms with Crippen LogP contribution in [0.25, 0.3) is 0 Å². The van der Waals surface area contributed by atoms with Crippen LogP contribution in [0.15, 0.2) is 59.7 Å². The van der Waals surface area contributed by atoms with Crippen LogP contribution in [-0.2, 0) is 5.72 Å². The van der Waals surface area contributed by atoms with Gasteiger partial charge in [-0.3, -0.25) is 4.79 Å². The quantitative estimate of drug-likeness (QED) is 0.940. The van der Waals surface area contributed by atoms with Crippen molar-refractivity contribution in [2.24, 2.45) is 5.10 Å². The van der Waals surface area contributed by atoms with E-state index in [2.05, 4.69) is 5.10 Å². The van der Waals surface area contributed by atoms with E-state index in [0.29, 0.717) is 23.3 Å². The van der Waals surface area contributed by atoms with Crippen LogP contribution in [0.2, 0.25) is 0 Å². The molecule has 2 aromatic rings. The number of hydrogen-bond acceptors (Lipinski definition) is 4. The number of carbonyl (C=O) groups is 1. The van der Waals surface area contributed by atoms with Gasteiger partial charge in [0.2, 0.25) is 0 Å². The van der Waals surface area contributed by atoms with E-state index in [-0.39, 0.29) is 12.3 Å². The highest BCUT2D eigenvalue weighted by molar-refractivity contribution is 5.98. The van der Waals surface area contributed by atoms with Crippen molar-refractivity contribution >= 4 is 11.6 Å². The molecule has 0 saturated heterocycles. The maximum atomic E-state index is 12.9. The van der Waals surface area contributed by atoms with Gasteiger partial charge in [0.15, 0.2) is 5.72 Å². The number of hydrogen-bond donors (Lipinski definition) is 1. The van der Waals surface area contributed by atoms with Crippen LogP contribution in [0.4, 0.5) is 0 Å². The minimum absolute atomic E-state index is 0.287. The van der Waals surface area contributed by atoms with E-state index in [1.807, 2.05) is 13.0 Å². The van der Waals surface area contributed by atoms with Crippen LogP contribution >= 0.6 is 0 Å². The predicted octanol–water partition coefficient (Wildman–Crippen LogP) is 3.15. The zero-order valence-electron chi connectivity index (χ0n) is 13.8. The van der Waals surface area contributed by atoms with Gasteiger partial charge < -0.3 is 9.84 Å². The minimum Gasteiger partial charge on any atom is -0.497 e. The summed E-state index contributed by atoms with van der Waals surface area (Å²) >= 11 is 0. The molecule has 24 heavy (non-hydrogen) atoms. The van der Waals surface area contributed by atoms with E-state index in [4.69, 9.17) is 4.74 Å². The summed E-state index contributed by atoms with van der Waals surface area (Å²) in [5, 5.41) is 16.9. The van der Waals surface area contributed by atoms with Crippen molar-refractivity contribution in [1.29, 1.82) is 0 Å². The highest BCUT2D eigenvalue weighted by Gasteiger charge is 2.45. The molecule has 3 rings (SSSR count). The summed E-state index contributed by atoms with van der Waals surface area (Å²) in [7, 11) is 1.57. The Labute approximate surface area is 141 Å². The molecule has 1 amide bonds. The maximum absolute atomic E-state index is 12.9. The molecule has 1 heterocycles. The predicted molar refractivity (Wildman–Crippen MR) is 91.8 cm³/mol. The number of aliphatic hydroxyl groups is 1. The molecule has 0 fully saturated rings. The fraction of sp³-hybridized carbons (Fsp3) is 0.263. The fourth-order valence-corrected chi connectivity index (χ4v) is 2.83. The Kier molecular flexibility index (Phi) is 4.36. The molecule has 1 aliphatic rings. The summed E-state index contributed by atoms with van der Waals surface area (Å²) in [6, 6.07) is 16.0. The Morgan fingerprint density at radius 1 is 1.25 bits per heavy atom. The highest BCUT2D eigenvalue weighted by atomic mass is 16.5. The number of methoxy groups -OCH3 is 1. The number of ether oxygens (including phenoxy) is 1. The minimum atomic E-state index is -1.51. The maximum Gasteiger partial charge on any atom is 0.276 e. The Morgan fingerprint density at radius 3 is 2.67 bits per heavy atom. The summed E-state index contributed by atoms with van der Waals surface area (Å²) < 4.78 is 5.24. The first-order chi connectivity index (χ1) is 11.6. The average molecular weight is 324 g/mol. The van der Waals surface area contributed by atoms with Crippen LogP contribution in [0.1, 0.15) is 35.7 Å². The second-order valence-electron chi connectivity index (χ2n) is 5.73. The number of rotatable bonds is 4. The largest absolute Gasteiger partial charge is 0.497 e. The van der Waals surface area contributed by atoms with E-state index < -0.39 is 5.72 Å². The molecule has 0 saturated carbocycles. The summed E-state index contributed by atoms with van der Waals surface area (Å²) in [5.41, 5.74) is 0.343. The van der Waals surface area contributed by atoms with Gasteiger partial charge in [0.1, 0.15) is 5.75 Å². The molecular formula is C19H20N2O3. The zero-order valence-corrected chi connectivity index (χ0v) is 13.8. The van der Waals surface area contributed by atoms with Crippen molar-refractivity contribution in [3.8, 4) is 5.75 Å². The standard InChI is InChI=1S/C19H20N2O3/c1-3-16-13-19(23,15-10-7-11-17(12-15)24-2)21(20-16)18(22)14-8-5-4-6-9-14/h4-12,23H,3,13H2,1-2H3/t19-/m0/s1. The highest BCUT2D eigenvalue weighted by Crippen LogP contribution is 2.38. The van der Waals surface area contributed by atoms with Crippen LogP contribution < -0.4 is 4.74 Å². The second kappa shape index (κ2) is 6.45. The van der Waals surface area contributed by atoms with Gasteiger partial charge in [0, 0.05) is 23.3 Å². The van der Waals surface area contributed by atoms with Crippen molar-refractivity contribution in [3.63, 3.8) is 0 Å². The molecule has 1 aliphatic heterocycles. The molecule has 1 atom stereocenters. The third-order valence-electron chi connectivity index (χ3n) is 4.20. The van der Waals surface area contributed by atoms with Gasteiger partial charge in [0.05, 0.1) is 7.11 Å². The van der Waals surface area contributed by atoms with Crippen LogP contribution in [-0.4, -0.2) is 28.8 Å². The summed E-state index contributed by atoms with van der Waals surface area (Å²) in [4.78, 5) is 12.9. The number of hydrazone groups is 1. The smallest absolute Gasteiger partial charge is 0.276 e.